The molecule has 2 aromatic rings. The van der Waals surface area contributed by atoms with Crippen LogP contribution in [0.4, 0.5) is 0 Å². The third-order valence-corrected chi connectivity index (χ3v) is 5.62. The van der Waals surface area contributed by atoms with Crippen molar-refractivity contribution in [1.29, 1.82) is 0 Å². The van der Waals surface area contributed by atoms with E-state index in [1.807, 2.05) is 41.3 Å². The second kappa shape index (κ2) is 9.07. The van der Waals surface area contributed by atoms with Crippen LogP contribution in [-0.2, 0) is 16.0 Å². The van der Waals surface area contributed by atoms with Gasteiger partial charge in [0.05, 0.1) is 25.2 Å². The van der Waals surface area contributed by atoms with E-state index in [2.05, 4.69) is 17.4 Å². The topological polar surface area (TPSA) is 41.6 Å². The van der Waals surface area contributed by atoms with Gasteiger partial charge in [-0.25, -0.2) is 0 Å². The molecule has 0 saturated carbocycles. The predicted octanol–water partition coefficient (Wildman–Crippen LogP) is 3.94. The first-order chi connectivity index (χ1) is 12.7. The van der Waals surface area contributed by atoms with E-state index in [4.69, 9.17) is 16.3 Å². The smallest absolute Gasteiger partial charge is 0.226 e. The van der Waals surface area contributed by atoms with Crippen LogP contribution in [0.25, 0.3) is 0 Å². The van der Waals surface area contributed by atoms with Crippen molar-refractivity contribution in [3.05, 3.63) is 70.2 Å². The van der Waals surface area contributed by atoms with Crippen molar-refractivity contribution in [2.24, 2.45) is 0 Å². The van der Waals surface area contributed by atoms with E-state index in [0.29, 0.717) is 24.6 Å². The highest BCUT2D eigenvalue weighted by Crippen LogP contribution is 2.33. The molecule has 6 heteroatoms. The minimum Gasteiger partial charge on any atom is -0.373 e. The quantitative estimate of drug-likeness (QED) is 0.838. The molecule has 0 aliphatic carbocycles. The summed E-state index contributed by atoms with van der Waals surface area (Å²) < 4.78 is 5.94. The molecule has 1 fully saturated rings. The summed E-state index contributed by atoms with van der Waals surface area (Å²) in [5.41, 5.74) is 3.44. The number of hydrogen-bond acceptors (Lipinski definition) is 3. The van der Waals surface area contributed by atoms with Crippen LogP contribution in [0.2, 0.25) is 5.02 Å². The molecule has 2 aliphatic heterocycles. The first kappa shape index (κ1) is 20.2. The zero-order valence-electron chi connectivity index (χ0n) is 15.1. The van der Waals surface area contributed by atoms with E-state index in [9.17, 15) is 4.79 Å². The van der Waals surface area contributed by atoms with Gasteiger partial charge in [0.25, 0.3) is 0 Å². The lowest BCUT2D eigenvalue weighted by molar-refractivity contribution is -0.138. The number of nitrogens with one attached hydrogen (secondary N) is 1. The van der Waals surface area contributed by atoms with Gasteiger partial charge < -0.3 is 15.0 Å². The first-order valence-electron chi connectivity index (χ1n) is 9.18. The first-order valence-corrected chi connectivity index (χ1v) is 9.56. The lowest BCUT2D eigenvalue weighted by Crippen LogP contribution is -2.49. The largest absolute Gasteiger partial charge is 0.373 e. The fraction of sp³-hybridized carbons (Fsp3) is 0.381. The zero-order valence-corrected chi connectivity index (χ0v) is 16.6. The van der Waals surface area contributed by atoms with Gasteiger partial charge in [0.1, 0.15) is 0 Å². The van der Waals surface area contributed by atoms with Crippen molar-refractivity contribution in [1.82, 2.24) is 10.2 Å². The molecule has 0 radical (unpaired) electrons. The maximum atomic E-state index is 13.1. The number of ether oxygens (including phenoxy) is 1. The Balaban J connectivity index is 0.00000210. The van der Waals surface area contributed by atoms with Crippen LogP contribution < -0.4 is 5.32 Å². The summed E-state index contributed by atoms with van der Waals surface area (Å²) in [7, 11) is 0. The Hall–Kier alpha value is -1.59. The molecule has 0 aromatic heterocycles. The van der Waals surface area contributed by atoms with Crippen LogP contribution in [0, 0.1) is 0 Å². The summed E-state index contributed by atoms with van der Waals surface area (Å²) in [6, 6.07) is 16.0. The maximum Gasteiger partial charge on any atom is 0.226 e. The SMILES string of the molecule is Cl.O=C(CC1OCCc2ccccc21)N1CCNCC1c1ccccc1Cl. The van der Waals surface area contributed by atoms with Crippen molar-refractivity contribution in [2.45, 2.75) is 25.0 Å². The Morgan fingerprint density at radius 1 is 1.15 bits per heavy atom. The normalized spacial score (nSPS) is 21.9. The van der Waals surface area contributed by atoms with Crippen LogP contribution in [0.15, 0.2) is 48.5 Å². The van der Waals surface area contributed by atoms with Crippen molar-refractivity contribution in [3.8, 4) is 0 Å². The molecule has 1 amide bonds. The molecular weight excluding hydrogens is 383 g/mol. The number of piperazine rings is 1. The minimum absolute atomic E-state index is 0. The van der Waals surface area contributed by atoms with Crippen molar-refractivity contribution >= 4 is 29.9 Å². The van der Waals surface area contributed by atoms with Crippen molar-refractivity contribution in [3.63, 3.8) is 0 Å². The third-order valence-electron chi connectivity index (χ3n) is 5.28. The third kappa shape index (κ3) is 4.30. The second-order valence-electron chi connectivity index (χ2n) is 6.84. The lowest BCUT2D eigenvalue weighted by Gasteiger charge is -2.38. The maximum absolute atomic E-state index is 13.1. The van der Waals surface area contributed by atoms with Crippen LogP contribution >= 0.6 is 24.0 Å². The Kier molecular flexibility index (Phi) is 6.77. The van der Waals surface area contributed by atoms with Crippen LogP contribution in [0.3, 0.4) is 0 Å². The van der Waals surface area contributed by atoms with Gasteiger partial charge in [0, 0.05) is 24.7 Å². The van der Waals surface area contributed by atoms with Crippen LogP contribution in [-0.4, -0.2) is 37.0 Å². The van der Waals surface area contributed by atoms with Crippen LogP contribution in [0.1, 0.15) is 35.3 Å². The molecule has 2 aliphatic rings. The van der Waals surface area contributed by atoms with Crippen LogP contribution in [0.5, 0.6) is 0 Å². The Bertz CT molecular complexity index is 799. The van der Waals surface area contributed by atoms with E-state index in [1.165, 1.54) is 5.56 Å². The summed E-state index contributed by atoms with van der Waals surface area (Å²) in [6.07, 6.45) is 1.13. The summed E-state index contributed by atoms with van der Waals surface area (Å²) in [5.74, 6) is 0.123. The number of halogens is 2. The number of carbonyl (C=O) groups excluding carboxylic acids is 1. The number of rotatable bonds is 3. The van der Waals surface area contributed by atoms with Gasteiger partial charge in [-0.3, -0.25) is 4.79 Å². The van der Waals surface area contributed by atoms with E-state index in [-0.39, 0.29) is 30.5 Å². The summed E-state index contributed by atoms with van der Waals surface area (Å²) in [4.78, 5) is 15.1. The molecule has 2 atom stereocenters. The van der Waals surface area contributed by atoms with Gasteiger partial charge in [-0.05, 0) is 29.2 Å². The Morgan fingerprint density at radius 3 is 2.70 bits per heavy atom. The zero-order chi connectivity index (χ0) is 17.9. The highest BCUT2D eigenvalue weighted by atomic mass is 35.5. The number of hydrogen-bond donors (Lipinski definition) is 1. The molecule has 2 aromatic carbocycles. The van der Waals surface area contributed by atoms with Gasteiger partial charge in [0.15, 0.2) is 0 Å². The summed E-state index contributed by atoms with van der Waals surface area (Å²) >= 11 is 6.40. The van der Waals surface area contributed by atoms with E-state index >= 15 is 0 Å². The highest BCUT2D eigenvalue weighted by Gasteiger charge is 2.32. The highest BCUT2D eigenvalue weighted by molar-refractivity contribution is 6.31. The summed E-state index contributed by atoms with van der Waals surface area (Å²) in [5, 5.41) is 4.09. The minimum atomic E-state index is -0.158. The molecule has 1 saturated heterocycles. The van der Waals surface area contributed by atoms with E-state index in [1.54, 1.807) is 0 Å². The molecule has 2 heterocycles. The number of nitrogens with zero attached hydrogens (tertiary/aromatic N) is 1. The predicted molar refractivity (Wildman–Crippen MR) is 109 cm³/mol. The molecule has 0 bridgehead atoms. The molecule has 4 nitrogen and oxygen atoms in total. The molecular formula is C21H24Cl2N2O2. The van der Waals surface area contributed by atoms with Crippen molar-refractivity contribution in [2.75, 3.05) is 26.2 Å². The molecule has 1 N–H and O–H groups in total. The average molecular weight is 407 g/mol. The average Bonchev–Trinajstić information content (AvgIpc) is 2.69. The van der Waals surface area contributed by atoms with Gasteiger partial charge in [0.2, 0.25) is 5.91 Å². The second-order valence-corrected chi connectivity index (χ2v) is 7.25. The molecule has 144 valence electrons. The van der Waals surface area contributed by atoms with Crippen molar-refractivity contribution < 1.29 is 9.53 Å². The molecule has 4 rings (SSSR count). The number of amides is 1. The fourth-order valence-electron chi connectivity index (χ4n) is 3.95. The summed E-state index contributed by atoms with van der Waals surface area (Å²) in [6.45, 7) is 2.87. The molecule has 2 unspecified atom stereocenters. The monoisotopic (exact) mass is 406 g/mol. The Labute approximate surface area is 171 Å². The number of carbonyl (C=O) groups is 1. The van der Waals surface area contributed by atoms with Gasteiger partial charge in [-0.15, -0.1) is 12.4 Å². The van der Waals surface area contributed by atoms with Gasteiger partial charge in [-0.2, -0.15) is 0 Å². The molecule has 0 spiro atoms. The van der Waals surface area contributed by atoms with E-state index in [0.717, 1.165) is 30.6 Å². The molecule has 27 heavy (non-hydrogen) atoms. The fourth-order valence-corrected chi connectivity index (χ4v) is 4.21. The number of benzene rings is 2. The van der Waals surface area contributed by atoms with E-state index < -0.39 is 0 Å². The van der Waals surface area contributed by atoms with Gasteiger partial charge >= 0.3 is 0 Å². The number of fused-ring (bicyclic) bond motifs is 1. The standard InChI is InChI=1S/C21H23ClN2O2.ClH/c22-18-8-4-3-7-17(18)19-14-23-10-11-24(19)21(25)13-20-16-6-2-1-5-15(16)9-12-26-20;/h1-8,19-20,23H,9-14H2;1H. The lowest BCUT2D eigenvalue weighted by atomic mass is 9.95. The van der Waals surface area contributed by atoms with Gasteiger partial charge in [-0.1, -0.05) is 54.1 Å². The Morgan fingerprint density at radius 2 is 1.89 bits per heavy atom.